The van der Waals surface area contributed by atoms with Gasteiger partial charge in [-0.2, -0.15) is 0 Å². The second-order valence-electron chi connectivity index (χ2n) is 4.50. The molecular weight excluding hydrogens is 287 g/mol. The SMILES string of the molecule is CC(C(=O)N(C)C)n1c(N)nc2cc(Cl)c(Cl)cc21. The number of hydrogen-bond donors (Lipinski definition) is 1. The summed E-state index contributed by atoms with van der Waals surface area (Å²) >= 11 is 12.0. The van der Waals surface area contributed by atoms with Gasteiger partial charge in [0.05, 0.1) is 21.1 Å². The number of amides is 1. The van der Waals surface area contributed by atoms with Crippen LogP contribution in [0, 0.1) is 0 Å². The summed E-state index contributed by atoms with van der Waals surface area (Å²) in [7, 11) is 3.38. The number of rotatable bonds is 2. The third kappa shape index (κ3) is 2.35. The molecule has 1 atom stereocenters. The van der Waals surface area contributed by atoms with Gasteiger partial charge in [0.2, 0.25) is 11.9 Å². The highest BCUT2D eigenvalue weighted by molar-refractivity contribution is 6.42. The molecule has 0 fully saturated rings. The number of nitrogens with two attached hydrogens (primary N) is 1. The average Bonchev–Trinajstić information content (AvgIpc) is 2.63. The molecule has 0 aliphatic rings. The van der Waals surface area contributed by atoms with E-state index in [0.717, 1.165) is 0 Å². The molecule has 2 rings (SSSR count). The Hall–Kier alpha value is -1.46. The van der Waals surface area contributed by atoms with Crippen molar-refractivity contribution >= 4 is 46.1 Å². The summed E-state index contributed by atoms with van der Waals surface area (Å²) < 4.78 is 1.65. The summed E-state index contributed by atoms with van der Waals surface area (Å²) in [4.78, 5) is 17.8. The molecule has 0 aliphatic heterocycles. The number of halogens is 2. The first-order valence-electron chi connectivity index (χ1n) is 5.66. The summed E-state index contributed by atoms with van der Waals surface area (Å²) in [5.41, 5.74) is 7.19. The minimum Gasteiger partial charge on any atom is -0.369 e. The van der Waals surface area contributed by atoms with Crippen LogP contribution in [-0.2, 0) is 4.79 Å². The highest BCUT2D eigenvalue weighted by atomic mass is 35.5. The third-order valence-corrected chi connectivity index (χ3v) is 3.67. The van der Waals surface area contributed by atoms with Crippen LogP contribution in [0.1, 0.15) is 13.0 Å². The summed E-state index contributed by atoms with van der Waals surface area (Å²) in [6.45, 7) is 1.77. The lowest BCUT2D eigenvalue weighted by atomic mass is 10.2. The van der Waals surface area contributed by atoms with E-state index >= 15 is 0 Å². The smallest absolute Gasteiger partial charge is 0.244 e. The molecule has 7 heteroatoms. The molecule has 0 saturated heterocycles. The highest BCUT2D eigenvalue weighted by Crippen LogP contribution is 2.31. The van der Waals surface area contributed by atoms with E-state index in [1.807, 2.05) is 0 Å². The number of nitrogens with zero attached hydrogens (tertiary/aromatic N) is 3. The summed E-state index contributed by atoms with van der Waals surface area (Å²) in [6.07, 6.45) is 0. The van der Waals surface area contributed by atoms with E-state index < -0.39 is 6.04 Å². The van der Waals surface area contributed by atoms with Crippen LogP contribution >= 0.6 is 23.2 Å². The van der Waals surface area contributed by atoms with Gasteiger partial charge in [-0.1, -0.05) is 23.2 Å². The molecular formula is C12H14Cl2N4O. The van der Waals surface area contributed by atoms with Gasteiger partial charge in [-0.3, -0.25) is 9.36 Å². The number of imidazole rings is 1. The minimum absolute atomic E-state index is 0.0722. The molecule has 1 amide bonds. The van der Waals surface area contributed by atoms with Crippen molar-refractivity contribution in [3.05, 3.63) is 22.2 Å². The van der Waals surface area contributed by atoms with E-state index in [2.05, 4.69) is 4.98 Å². The van der Waals surface area contributed by atoms with Crippen molar-refractivity contribution in [3.8, 4) is 0 Å². The zero-order chi connectivity index (χ0) is 14.3. The van der Waals surface area contributed by atoms with Crippen LogP contribution in [0.15, 0.2) is 12.1 Å². The topological polar surface area (TPSA) is 64.2 Å². The van der Waals surface area contributed by atoms with Gasteiger partial charge in [0.25, 0.3) is 0 Å². The maximum atomic E-state index is 12.1. The summed E-state index contributed by atoms with van der Waals surface area (Å²) in [5, 5.41) is 0.810. The molecule has 102 valence electrons. The van der Waals surface area contributed by atoms with E-state index in [4.69, 9.17) is 28.9 Å². The quantitative estimate of drug-likeness (QED) is 0.927. The fraction of sp³-hybridized carbons (Fsp3) is 0.333. The molecule has 0 radical (unpaired) electrons. The number of carbonyl (C=O) groups is 1. The molecule has 0 aliphatic carbocycles. The van der Waals surface area contributed by atoms with Crippen molar-refractivity contribution in [1.82, 2.24) is 14.5 Å². The Labute approximate surface area is 120 Å². The zero-order valence-electron chi connectivity index (χ0n) is 10.8. The molecule has 19 heavy (non-hydrogen) atoms. The molecule has 2 aromatic rings. The van der Waals surface area contributed by atoms with Crippen LogP contribution in [0.3, 0.4) is 0 Å². The molecule has 1 unspecified atom stereocenters. The first-order chi connectivity index (χ1) is 8.82. The van der Waals surface area contributed by atoms with Crippen molar-refractivity contribution in [2.75, 3.05) is 19.8 Å². The number of aromatic nitrogens is 2. The number of likely N-dealkylation sites (N-methyl/N-ethyl adjacent to an activating group) is 1. The number of fused-ring (bicyclic) bond motifs is 1. The summed E-state index contributed by atoms with van der Waals surface area (Å²) in [5.74, 6) is 0.188. The van der Waals surface area contributed by atoms with Gasteiger partial charge in [-0.15, -0.1) is 0 Å². The Kier molecular flexibility index (Phi) is 3.60. The lowest BCUT2D eigenvalue weighted by Crippen LogP contribution is -2.30. The van der Waals surface area contributed by atoms with Crippen molar-refractivity contribution in [1.29, 1.82) is 0 Å². The van der Waals surface area contributed by atoms with Gasteiger partial charge < -0.3 is 10.6 Å². The molecule has 1 heterocycles. The average molecular weight is 301 g/mol. The summed E-state index contributed by atoms with van der Waals surface area (Å²) in [6, 6.07) is 2.85. The van der Waals surface area contributed by atoms with E-state index in [9.17, 15) is 4.79 Å². The molecule has 0 saturated carbocycles. The number of carbonyl (C=O) groups excluding carboxylic acids is 1. The van der Waals surface area contributed by atoms with Crippen LogP contribution in [0.2, 0.25) is 10.0 Å². The molecule has 1 aromatic heterocycles. The largest absolute Gasteiger partial charge is 0.369 e. The van der Waals surface area contributed by atoms with Crippen molar-refractivity contribution in [2.24, 2.45) is 0 Å². The van der Waals surface area contributed by atoms with E-state index in [1.165, 1.54) is 4.90 Å². The standard InChI is InChI=1S/C12H14Cl2N4O/c1-6(11(19)17(2)3)18-10-5-8(14)7(13)4-9(10)16-12(18)15/h4-6H,1-3H3,(H2,15,16). The lowest BCUT2D eigenvalue weighted by molar-refractivity contribution is -0.131. The number of benzene rings is 1. The Morgan fingerprint density at radius 2 is 1.95 bits per heavy atom. The number of hydrogen-bond acceptors (Lipinski definition) is 3. The number of nitrogen functional groups attached to an aromatic ring is 1. The Bertz CT molecular complexity index is 651. The first-order valence-corrected chi connectivity index (χ1v) is 6.42. The Morgan fingerprint density at radius 3 is 2.53 bits per heavy atom. The van der Waals surface area contributed by atoms with Gasteiger partial charge >= 0.3 is 0 Å². The Morgan fingerprint density at radius 1 is 1.37 bits per heavy atom. The van der Waals surface area contributed by atoms with Crippen LogP contribution in [-0.4, -0.2) is 34.5 Å². The van der Waals surface area contributed by atoms with Crippen molar-refractivity contribution in [3.63, 3.8) is 0 Å². The molecule has 0 bridgehead atoms. The second-order valence-corrected chi connectivity index (χ2v) is 5.32. The third-order valence-electron chi connectivity index (χ3n) is 2.94. The van der Waals surface area contributed by atoms with Crippen LogP contribution in [0.4, 0.5) is 5.95 Å². The first kappa shape index (κ1) is 14.0. The van der Waals surface area contributed by atoms with Crippen LogP contribution in [0.25, 0.3) is 11.0 Å². The van der Waals surface area contributed by atoms with Gasteiger partial charge in [-0.05, 0) is 19.1 Å². The molecule has 0 spiro atoms. The Balaban J connectivity index is 2.63. The minimum atomic E-state index is -0.461. The fourth-order valence-corrected chi connectivity index (χ4v) is 2.32. The van der Waals surface area contributed by atoms with E-state index in [1.54, 1.807) is 37.7 Å². The fourth-order valence-electron chi connectivity index (χ4n) is 2.00. The maximum Gasteiger partial charge on any atom is 0.244 e. The monoisotopic (exact) mass is 300 g/mol. The van der Waals surface area contributed by atoms with Crippen LogP contribution in [0.5, 0.6) is 0 Å². The predicted molar refractivity (Wildman–Crippen MR) is 77.6 cm³/mol. The second kappa shape index (κ2) is 4.90. The van der Waals surface area contributed by atoms with Gasteiger partial charge in [-0.25, -0.2) is 4.98 Å². The van der Waals surface area contributed by atoms with Gasteiger partial charge in [0.15, 0.2) is 0 Å². The molecule has 1 aromatic carbocycles. The van der Waals surface area contributed by atoms with Crippen molar-refractivity contribution < 1.29 is 4.79 Å². The molecule has 5 nitrogen and oxygen atoms in total. The lowest BCUT2D eigenvalue weighted by Gasteiger charge is -2.19. The normalized spacial score (nSPS) is 12.7. The predicted octanol–water partition coefficient (Wildman–Crippen LogP) is 2.57. The maximum absolute atomic E-state index is 12.1. The molecule has 2 N–H and O–H groups in total. The van der Waals surface area contributed by atoms with Gasteiger partial charge in [0, 0.05) is 14.1 Å². The van der Waals surface area contributed by atoms with Crippen molar-refractivity contribution in [2.45, 2.75) is 13.0 Å². The highest BCUT2D eigenvalue weighted by Gasteiger charge is 2.22. The van der Waals surface area contributed by atoms with E-state index in [-0.39, 0.29) is 11.9 Å². The number of anilines is 1. The van der Waals surface area contributed by atoms with E-state index in [0.29, 0.717) is 21.1 Å². The van der Waals surface area contributed by atoms with Crippen LogP contribution < -0.4 is 5.73 Å². The zero-order valence-corrected chi connectivity index (χ0v) is 12.3. The van der Waals surface area contributed by atoms with Gasteiger partial charge in [0.1, 0.15) is 6.04 Å².